The lowest BCUT2D eigenvalue weighted by molar-refractivity contribution is 0.0909. The van der Waals surface area contributed by atoms with Crippen molar-refractivity contribution in [3.8, 4) is 0 Å². The Hall–Kier alpha value is -1.47. The van der Waals surface area contributed by atoms with Gasteiger partial charge in [-0.15, -0.1) is 0 Å². The molecule has 1 N–H and O–H groups in total. The highest BCUT2D eigenvalue weighted by Gasteiger charge is 2.45. The molecule has 2 saturated heterocycles. The fraction of sp³-hybridized carbons (Fsp3) is 0.571. The minimum Gasteiger partial charge on any atom is -0.349 e. The van der Waals surface area contributed by atoms with Gasteiger partial charge in [-0.05, 0) is 37.8 Å². The number of aromatic nitrogens is 1. The summed E-state index contributed by atoms with van der Waals surface area (Å²) in [4.78, 5) is 16.1. The maximum absolute atomic E-state index is 12.1. The first-order valence-electron chi connectivity index (χ1n) is 7.14. The highest BCUT2D eigenvalue weighted by Crippen LogP contribution is 2.37. The van der Waals surface area contributed by atoms with Crippen LogP contribution in [-0.4, -0.2) is 48.0 Å². The van der Waals surface area contributed by atoms with E-state index in [1.165, 1.54) is 12.5 Å². The molecule has 21 heavy (non-hydrogen) atoms. The second-order valence-electron chi connectivity index (χ2n) is 5.86. The van der Waals surface area contributed by atoms with Crippen LogP contribution in [0, 0.1) is 0 Å². The van der Waals surface area contributed by atoms with Gasteiger partial charge in [0.05, 0.1) is 11.8 Å². The molecule has 7 heteroatoms. The van der Waals surface area contributed by atoms with Crippen molar-refractivity contribution < 1.29 is 13.2 Å². The topological polar surface area (TPSA) is 79.4 Å². The molecule has 0 aromatic carbocycles. The average Bonchev–Trinajstić information content (AvgIpc) is 2.72. The Morgan fingerprint density at radius 2 is 2.00 bits per heavy atom. The quantitative estimate of drug-likeness (QED) is 0.894. The number of nitrogens with zero attached hydrogens (tertiary/aromatic N) is 2. The molecule has 2 atom stereocenters. The van der Waals surface area contributed by atoms with E-state index in [-0.39, 0.29) is 24.0 Å². The van der Waals surface area contributed by atoms with Crippen molar-refractivity contribution in [3.63, 3.8) is 0 Å². The molecule has 2 aliphatic heterocycles. The highest BCUT2D eigenvalue weighted by atomic mass is 32.2. The number of amides is 1. The number of piperidine rings is 1. The molecule has 2 bridgehead atoms. The van der Waals surface area contributed by atoms with Gasteiger partial charge < -0.3 is 5.32 Å². The van der Waals surface area contributed by atoms with Gasteiger partial charge in [0.1, 0.15) is 0 Å². The minimum absolute atomic E-state index is 0.0259. The molecule has 1 aromatic heterocycles. The molecule has 0 saturated carbocycles. The van der Waals surface area contributed by atoms with Crippen LogP contribution in [0.5, 0.6) is 0 Å². The van der Waals surface area contributed by atoms with Crippen molar-refractivity contribution in [3.05, 3.63) is 30.1 Å². The Balaban J connectivity index is 1.67. The first-order chi connectivity index (χ1) is 9.95. The lowest BCUT2D eigenvalue weighted by Gasteiger charge is -2.37. The van der Waals surface area contributed by atoms with Gasteiger partial charge in [-0.3, -0.25) is 9.78 Å². The smallest absolute Gasteiger partial charge is 0.253 e. The SMILES string of the molecule is CS(=O)(=O)N1C2CCC1CC(NC(=O)c1cccnc1)C2. The molecule has 114 valence electrons. The molecule has 3 rings (SSSR count). The van der Waals surface area contributed by atoms with Gasteiger partial charge in [-0.25, -0.2) is 8.42 Å². The summed E-state index contributed by atoms with van der Waals surface area (Å²) < 4.78 is 25.3. The fourth-order valence-electron chi connectivity index (χ4n) is 3.56. The molecule has 2 fully saturated rings. The van der Waals surface area contributed by atoms with E-state index in [0.717, 1.165) is 12.8 Å². The van der Waals surface area contributed by atoms with Gasteiger partial charge in [0.25, 0.3) is 5.91 Å². The minimum atomic E-state index is -3.16. The highest BCUT2D eigenvalue weighted by molar-refractivity contribution is 7.88. The summed E-state index contributed by atoms with van der Waals surface area (Å²) in [6, 6.07) is 3.54. The maximum Gasteiger partial charge on any atom is 0.253 e. The third-order valence-corrected chi connectivity index (χ3v) is 5.67. The molecule has 0 spiro atoms. The standard InChI is InChI=1S/C14H19N3O3S/c1-21(19,20)17-12-4-5-13(17)8-11(7-12)16-14(18)10-3-2-6-15-9-10/h2-3,6,9,11-13H,4-5,7-8H2,1H3,(H,16,18). The number of nitrogens with one attached hydrogen (secondary N) is 1. The summed E-state index contributed by atoms with van der Waals surface area (Å²) in [6.45, 7) is 0. The van der Waals surface area contributed by atoms with E-state index in [9.17, 15) is 13.2 Å². The van der Waals surface area contributed by atoms with Crippen molar-refractivity contribution in [2.45, 2.75) is 43.8 Å². The van der Waals surface area contributed by atoms with E-state index < -0.39 is 10.0 Å². The zero-order chi connectivity index (χ0) is 15.0. The summed E-state index contributed by atoms with van der Waals surface area (Å²) in [5, 5.41) is 3.01. The van der Waals surface area contributed by atoms with Crippen LogP contribution in [0.4, 0.5) is 0 Å². The van der Waals surface area contributed by atoms with Crippen LogP contribution in [0.25, 0.3) is 0 Å². The Labute approximate surface area is 124 Å². The lowest BCUT2D eigenvalue weighted by Crippen LogP contribution is -2.52. The molecule has 1 amide bonds. The van der Waals surface area contributed by atoms with Gasteiger partial charge in [0.2, 0.25) is 10.0 Å². The summed E-state index contributed by atoms with van der Waals surface area (Å²) in [6.07, 6.45) is 7.59. The molecule has 3 heterocycles. The predicted octanol–water partition coefficient (Wildman–Crippen LogP) is 0.766. The van der Waals surface area contributed by atoms with E-state index >= 15 is 0 Å². The van der Waals surface area contributed by atoms with Crippen LogP contribution < -0.4 is 5.32 Å². The second-order valence-corrected chi connectivity index (χ2v) is 7.75. The second kappa shape index (κ2) is 5.38. The largest absolute Gasteiger partial charge is 0.349 e. The summed E-state index contributed by atoms with van der Waals surface area (Å²) in [7, 11) is -3.16. The van der Waals surface area contributed by atoms with Crippen LogP contribution in [0.1, 0.15) is 36.0 Å². The summed E-state index contributed by atoms with van der Waals surface area (Å²) in [5.74, 6) is -0.139. The van der Waals surface area contributed by atoms with Crippen LogP contribution in [0.2, 0.25) is 0 Å². The number of carbonyl (C=O) groups excluding carboxylic acids is 1. The maximum atomic E-state index is 12.1. The van der Waals surface area contributed by atoms with Gasteiger partial charge in [-0.1, -0.05) is 0 Å². The van der Waals surface area contributed by atoms with E-state index in [0.29, 0.717) is 18.4 Å². The van der Waals surface area contributed by atoms with E-state index in [1.54, 1.807) is 22.6 Å². The van der Waals surface area contributed by atoms with Gasteiger partial charge in [-0.2, -0.15) is 4.31 Å². The number of rotatable bonds is 3. The van der Waals surface area contributed by atoms with Crippen LogP contribution in [-0.2, 0) is 10.0 Å². The number of fused-ring (bicyclic) bond motifs is 2. The van der Waals surface area contributed by atoms with Crippen molar-refractivity contribution in [2.24, 2.45) is 0 Å². The Morgan fingerprint density at radius 1 is 1.33 bits per heavy atom. The average molecular weight is 309 g/mol. The zero-order valence-corrected chi connectivity index (χ0v) is 12.7. The number of hydrogen-bond acceptors (Lipinski definition) is 4. The number of hydrogen-bond donors (Lipinski definition) is 1. The van der Waals surface area contributed by atoms with E-state index in [1.807, 2.05) is 0 Å². The molecule has 2 unspecified atom stereocenters. The first kappa shape index (κ1) is 14.5. The van der Waals surface area contributed by atoms with Crippen molar-refractivity contribution in [1.29, 1.82) is 0 Å². The van der Waals surface area contributed by atoms with E-state index in [2.05, 4.69) is 10.3 Å². The molecule has 6 nitrogen and oxygen atoms in total. The lowest BCUT2D eigenvalue weighted by atomic mass is 9.99. The number of carbonyl (C=O) groups is 1. The van der Waals surface area contributed by atoms with Crippen molar-refractivity contribution >= 4 is 15.9 Å². The Kier molecular flexibility index (Phi) is 3.71. The van der Waals surface area contributed by atoms with E-state index in [4.69, 9.17) is 0 Å². The predicted molar refractivity (Wildman–Crippen MR) is 78.2 cm³/mol. The Bertz CT molecular complexity index is 618. The number of sulfonamides is 1. The van der Waals surface area contributed by atoms with Gasteiger partial charge in [0.15, 0.2) is 0 Å². The fourth-order valence-corrected chi connectivity index (χ4v) is 5.03. The van der Waals surface area contributed by atoms with Crippen LogP contribution >= 0.6 is 0 Å². The van der Waals surface area contributed by atoms with Crippen molar-refractivity contribution in [2.75, 3.05) is 6.26 Å². The molecular formula is C14H19N3O3S. The van der Waals surface area contributed by atoms with Gasteiger partial charge in [0, 0.05) is 30.5 Å². The van der Waals surface area contributed by atoms with Crippen LogP contribution in [0.3, 0.4) is 0 Å². The first-order valence-corrected chi connectivity index (χ1v) is 8.99. The number of pyridine rings is 1. The third-order valence-electron chi connectivity index (χ3n) is 4.31. The molecule has 0 aliphatic carbocycles. The molecule has 0 radical (unpaired) electrons. The molecule has 2 aliphatic rings. The molecular weight excluding hydrogens is 290 g/mol. The normalized spacial score (nSPS) is 29.3. The third kappa shape index (κ3) is 2.94. The summed E-state index contributed by atoms with van der Waals surface area (Å²) in [5.41, 5.74) is 0.537. The summed E-state index contributed by atoms with van der Waals surface area (Å²) >= 11 is 0. The molecule has 1 aromatic rings. The monoisotopic (exact) mass is 309 g/mol. The Morgan fingerprint density at radius 3 is 2.52 bits per heavy atom. The zero-order valence-electron chi connectivity index (χ0n) is 11.9. The van der Waals surface area contributed by atoms with Crippen LogP contribution in [0.15, 0.2) is 24.5 Å². The van der Waals surface area contributed by atoms with Gasteiger partial charge >= 0.3 is 0 Å². The van der Waals surface area contributed by atoms with Crippen molar-refractivity contribution in [1.82, 2.24) is 14.6 Å².